The minimum absolute atomic E-state index is 0. The molecule has 0 saturated heterocycles. The van der Waals surface area contributed by atoms with E-state index < -0.39 is 5.54 Å². The third-order valence-corrected chi connectivity index (χ3v) is 3.45. The molecule has 1 saturated carbocycles. The molecule has 0 aliphatic heterocycles. The van der Waals surface area contributed by atoms with Crippen molar-refractivity contribution >= 4 is 35.6 Å². The van der Waals surface area contributed by atoms with E-state index in [4.69, 9.17) is 5.73 Å². The van der Waals surface area contributed by atoms with Gasteiger partial charge in [-0.2, -0.15) is 0 Å². The van der Waals surface area contributed by atoms with Crippen molar-refractivity contribution in [2.24, 2.45) is 5.73 Å². The molecule has 1 aliphatic carbocycles. The van der Waals surface area contributed by atoms with E-state index in [0.29, 0.717) is 12.1 Å². The quantitative estimate of drug-likeness (QED) is 0.797. The molecule has 1 aromatic rings. The summed E-state index contributed by atoms with van der Waals surface area (Å²) in [5, 5.41) is 5.55. The van der Waals surface area contributed by atoms with E-state index in [2.05, 4.69) is 10.6 Å². The van der Waals surface area contributed by atoms with E-state index in [1.54, 1.807) is 31.2 Å². The molecule has 0 unspecified atom stereocenters. The molecule has 4 N–H and O–H groups in total. The van der Waals surface area contributed by atoms with Crippen LogP contribution in [-0.4, -0.2) is 17.4 Å². The van der Waals surface area contributed by atoms with Crippen molar-refractivity contribution in [3.8, 4) is 0 Å². The number of anilines is 2. The topological polar surface area (TPSA) is 84.2 Å². The molecule has 0 radical (unpaired) electrons. The third-order valence-electron chi connectivity index (χ3n) is 3.45. The number of halogens is 1. The molecule has 5 nitrogen and oxygen atoms in total. The Morgan fingerprint density at radius 2 is 1.65 bits per heavy atom. The van der Waals surface area contributed by atoms with Crippen LogP contribution in [-0.2, 0) is 9.59 Å². The van der Waals surface area contributed by atoms with Gasteiger partial charge in [-0.15, -0.1) is 12.4 Å². The number of nitrogens with two attached hydrogens (primary N) is 1. The van der Waals surface area contributed by atoms with Crippen LogP contribution in [0.2, 0.25) is 0 Å². The second-order valence-corrected chi connectivity index (χ2v) is 4.94. The molecule has 0 bridgehead atoms. The first-order chi connectivity index (χ1) is 9.03. The number of hydrogen-bond acceptors (Lipinski definition) is 3. The summed E-state index contributed by atoms with van der Waals surface area (Å²) in [7, 11) is 0. The highest BCUT2D eigenvalue weighted by atomic mass is 35.5. The minimum atomic E-state index is -0.699. The van der Waals surface area contributed by atoms with Gasteiger partial charge in [-0.3, -0.25) is 9.59 Å². The van der Waals surface area contributed by atoms with Crippen molar-refractivity contribution in [2.75, 3.05) is 10.6 Å². The molecule has 0 aromatic heterocycles. The van der Waals surface area contributed by atoms with Crippen LogP contribution < -0.4 is 16.4 Å². The number of benzene rings is 1. The summed E-state index contributed by atoms with van der Waals surface area (Å²) >= 11 is 0. The lowest BCUT2D eigenvalue weighted by Crippen LogP contribution is -2.56. The average Bonchev–Trinajstić information content (AvgIpc) is 2.38. The average molecular weight is 298 g/mol. The minimum Gasteiger partial charge on any atom is -0.326 e. The van der Waals surface area contributed by atoms with Gasteiger partial charge in [0.25, 0.3) is 0 Å². The number of carbonyl (C=O) groups is 2. The summed E-state index contributed by atoms with van der Waals surface area (Å²) in [4.78, 5) is 23.1. The molecule has 0 spiro atoms. The van der Waals surface area contributed by atoms with E-state index in [1.165, 1.54) is 0 Å². The summed E-state index contributed by atoms with van der Waals surface area (Å²) in [6.45, 7) is 1.79. The van der Waals surface area contributed by atoms with Crippen LogP contribution in [0.1, 0.15) is 32.6 Å². The molecule has 2 rings (SSSR count). The number of amides is 2. The lowest BCUT2D eigenvalue weighted by Gasteiger charge is -2.36. The van der Waals surface area contributed by atoms with E-state index in [-0.39, 0.29) is 24.2 Å². The second kappa shape index (κ2) is 6.72. The van der Waals surface area contributed by atoms with Gasteiger partial charge >= 0.3 is 0 Å². The van der Waals surface area contributed by atoms with Crippen LogP contribution in [0.4, 0.5) is 11.4 Å². The Morgan fingerprint density at radius 1 is 1.15 bits per heavy atom. The fourth-order valence-electron chi connectivity index (χ4n) is 1.93. The zero-order valence-corrected chi connectivity index (χ0v) is 12.3. The zero-order valence-electron chi connectivity index (χ0n) is 11.4. The summed E-state index contributed by atoms with van der Waals surface area (Å²) in [5.41, 5.74) is 6.65. The van der Waals surface area contributed by atoms with Crippen molar-refractivity contribution in [1.82, 2.24) is 0 Å². The van der Waals surface area contributed by atoms with E-state index >= 15 is 0 Å². The van der Waals surface area contributed by atoms with E-state index in [0.717, 1.165) is 24.9 Å². The van der Waals surface area contributed by atoms with Gasteiger partial charge in [0, 0.05) is 17.8 Å². The number of nitrogens with one attached hydrogen (secondary N) is 2. The molecule has 1 aliphatic rings. The van der Waals surface area contributed by atoms with E-state index in [1.807, 2.05) is 0 Å². The van der Waals surface area contributed by atoms with Crippen molar-refractivity contribution in [1.29, 1.82) is 0 Å². The monoisotopic (exact) mass is 297 g/mol. The van der Waals surface area contributed by atoms with Gasteiger partial charge in [0.2, 0.25) is 11.8 Å². The Morgan fingerprint density at radius 3 is 2.05 bits per heavy atom. The maximum atomic E-state index is 11.9. The lowest BCUT2D eigenvalue weighted by molar-refractivity contribution is -0.123. The maximum absolute atomic E-state index is 11.9. The molecular weight excluding hydrogens is 278 g/mol. The van der Waals surface area contributed by atoms with Gasteiger partial charge in [-0.25, -0.2) is 0 Å². The maximum Gasteiger partial charge on any atom is 0.244 e. The van der Waals surface area contributed by atoms with Crippen molar-refractivity contribution in [3.63, 3.8) is 0 Å². The molecule has 6 heteroatoms. The Kier molecular flexibility index (Phi) is 5.53. The van der Waals surface area contributed by atoms with Gasteiger partial charge in [0.05, 0.1) is 5.54 Å². The number of carbonyl (C=O) groups excluding carboxylic acids is 2. The molecule has 2 amide bonds. The first kappa shape index (κ1) is 16.5. The van der Waals surface area contributed by atoms with Gasteiger partial charge in [0.1, 0.15) is 0 Å². The molecular formula is C14H20ClN3O2. The molecule has 20 heavy (non-hydrogen) atoms. The fourth-order valence-corrected chi connectivity index (χ4v) is 1.93. The highest BCUT2D eigenvalue weighted by molar-refractivity contribution is 5.99. The van der Waals surface area contributed by atoms with Crippen molar-refractivity contribution < 1.29 is 9.59 Å². The van der Waals surface area contributed by atoms with Gasteiger partial charge in [-0.05, 0) is 43.5 Å². The number of hydrogen-bond donors (Lipinski definition) is 3. The van der Waals surface area contributed by atoms with Crippen LogP contribution >= 0.6 is 12.4 Å². The number of rotatable bonds is 4. The Hall–Kier alpha value is -1.59. The molecule has 1 fully saturated rings. The molecule has 0 heterocycles. The molecule has 0 atom stereocenters. The first-order valence-corrected chi connectivity index (χ1v) is 6.54. The Labute approximate surface area is 124 Å². The lowest BCUT2D eigenvalue weighted by atomic mass is 9.77. The van der Waals surface area contributed by atoms with Crippen LogP contribution in [0, 0.1) is 0 Å². The summed E-state index contributed by atoms with van der Waals surface area (Å²) < 4.78 is 0. The third kappa shape index (κ3) is 3.71. The van der Waals surface area contributed by atoms with Crippen molar-refractivity contribution in [3.05, 3.63) is 24.3 Å². The normalized spacial score (nSPS) is 15.5. The van der Waals surface area contributed by atoms with Crippen LogP contribution in [0.15, 0.2) is 24.3 Å². The predicted octanol–water partition coefficient (Wildman–Crippen LogP) is 2.28. The SMILES string of the molecule is CCC(=O)Nc1ccc(NC(=O)C2(N)CCC2)cc1.Cl. The summed E-state index contributed by atoms with van der Waals surface area (Å²) in [6, 6.07) is 7.02. The van der Waals surface area contributed by atoms with Gasteiger partial charge in [-0.1, -0.05) is 6.92 Å². The van der Waals surface area contributed by atoms with E-state index in [9.17, 15) is 9.59 Å². The van der Waals surface area contributed by atoms with Crippen LogP contribution in [0.25, 0.3) is 0 Å². The highest BCUT2D eigenvalue weighted by Gasteiger charge is 2.40. The van der Waals surface area contributed by atoms with Crippen molar-refractivity contribution in [2.45, 2.75) is 38.1 Å². The second-order valence-electron chi connectivity index (χ2n) is 4.94. The largest absolute Gasteiger partial charge is 0.326 e. The van der Waals surface area contributed by atoms with Crippen LogP contribution in [0.3, 0.4) is 0 Å². The Balaban J connectivity index is 0.00000200. The van der Waals surface area contributed by atoms with Gasteiger partial charge < -0.3 is 16.4 Å². The zero-order chi connectivity index (χ0) is 13.9. The fraction of sp³-hybridized carbons (Fsp3) is 0.429. The standard InChI is InChI=1S/C14H19N3O2.ClH/c1-2-12(18)16-10-4-6-11(7-5-10)17-13(19)14(15)8-3-9-14;/h4-7H,2-3,8-9,15H2,1H3,(H,16,18)(H,17,19);1H. The predicted molar refractivity (Wildman–Crippen MR) is 82.0 cm³/mol. The Bertz CT molecular complexity index is 484. The molecule has 1 aromatic carbocycles. The first-order valence-electron chi connectivity index (χ1n) is 6.54. The van der Waals surface area contributed by atoms with Crippen LogP contribution in [0.5, 0.6) is 0 Å². The summed E-state index contributed by atoms with van der Waals surface area (Å²) in [6.07, 6.45) is 2.92. The summed E-state index contributed by atoms with van der Waals surface area (Å²) in [5.74, 6) is -0.170. The van der Waals surface area contributed by atoms with Gasteiger partial charge in [0.15, 0.2) is 0 Å². The molecule has 110 valence electrons. The highest BCUT2D eigenvalue weighted by Crippen LogP contribution is 2.30. The smallest absolute Gasteiger partial charge is 0.244 e.